The van der Waals surface area contributed by atoms with E-state index < -0.39 is 6.04 Å². The van der Waals surface area contributed by atoms with Gasteiger partial charge >= 0.3 is 5.97 Å². The van der Waals surface area contributed by atoms with Crippen LogP contribution in [0.3, 0.4) is 0 Å². The first-order valence-corrected chi connectivity index (χ1v) is 6.18. The fourth-order valence-corrected chi connectivity index (χ4v) is 1.98. The molecule has 0 radical (unpaired) electrons. The third-order valence-electron chi connectivity index (χ3n) is 1.91. The van der Waals surface area contributed by atoms with Crippen LogP contribution in [0.15, 0.2) is 29.4 Å². The van der Waals surface area contributed by atoms with E-state index in [2.05, 4.69) is 4.98 Å². The molecule has 0 bridgehead atoms. The quantitative estimate of drug-likeness (QED) is 0.602. The Morgan fingerprint density at radius 2 is 2.44 bits per heavy atom. The first-order valence-electron chi connectivity index (χ1n) is 5.20. The number of aromatic nitrogens is 1. The number of rotatable bonds is 6. The van der Waals surface area contributed by atoms with Crippen molar-refractivity contribution in [1.82, 2.24) is 4.98 Å². The van der Waals surface area contributed by atoms with Gasteiger partial charge in [0, 0.05) is 11.9 Å². The van der Waals surface area contributed by atoms with Crippen LogP contribution in [0.2, 0.25) is 0 Å². The summed E-state index contributed by atoms with van der Waals surface area (Å²) in [5.74, 6) is 0.431. The fourth-order valence-electron chi connectivity index (χ4n) is 1.09. The van der Waals surface area contributed by atoms with Gasteiger partial charge in [-0.15, -0.1) is 11.8 Å². The highest BCUT2D eigenvalue weighted by molar-refractivity contribution is 7.99. The summed E-state index contributed by atoms with van der Waals surface area (Å²) in [6, 6.07) is 5.20. The van der Waals surface area contributed by atoms with Gasteiger partial charge in [0.15, 0.2) is 0 Å². The molecule has 0 aliphatic rings. The van der Waals surface area contributed by atoms with Crippen molar-refractivity contribution in [2.75, 3.05) is 12.4 Å². The van der Waals surface area contributed by atoms with Crippen molar-refractivity contribution in [3.05, 3.63) is 24.4 Å². The predicted molar refractivity (Wildman–Crippen MR) is 64.2 cm³/mol. The summed E-state index contributed by atoms with van der Waals surface area (Å²) in [5, 5.41) is 0.943. The number of nitrogens with zero attached hydrogens (tertiary/aromatic N) is 1. The first-order chi connectivity index (χ1) is 7.74. The third-order valence-corrected chi connectivity index (χ3v) is 2.88. The summed E-state index contributed by atoms with van der Waals surface area (Å²) in [5.41, 5.74) is 5.66. The zero-order valence-corrected chi connectivity index (χ0v) is 10.1. The lowest BCUT2D eigenvalue weighted by molar-refractivity contribution is -0.144. The maximum absolute atomic E-state index is 11.2. The molecule has 1 rings (SSSR count). The van der Waals surface area contributed by atoms with Crippen molar-refractivity contribution in [3.8, 4) is 0 Å². The minimum absolute atomic E-state index is 0.330. The molecule has 0 aliphatic heterocycles. The van der Waals surface area contributed by atoms with Gasteiger partial charge in [-0.05, 0) is 25.5 Å². The zero-order valence-electron chi connectivity index (χ0n) is 9.26. The van der Waals surface area contributed by atoms with Gasteiger partial charge in [0.05, 0.1) is 11.6 Å². The molecule has 0 fully saturated rings. The van der Waals surface area contributed by atoms with E-state index in [4.69, 9.17) is 10.5 Å². The number of hydrogen-bond donors (Lipinski definition) is 1. The Hall–Kier alpha value is -1.07. The predicted octanol–water partition coefficient (Wildman–Crippen LogP) is 1.45. The maximum Gasteiger partial charge on any atom is 0.322 e. The molecule has 88 valence electrons. The van der Waals surface area contributed by atoms with E-state index in [1.807, 2.05) is 18.2 Å². The van der Waals surface area contributed by atoms with E-state index in [1.165, 1.54) is 0 Å². The van der Waals surface area contributed by atoms with Crippen LogP contribution in [0, 0.1) is 0 Å². The van der Waals surface area contributed by atoms with Gasteiger partial charge in [0.1, 0.15) is 6.04 Å². The van der Waals surface area contributed by atoms with Crippen LogP contribution >= 0.6 is 11.8 Å². The Kier molecular flexibility index (Phi) is 5.88. The molecule has 5 heteroatoms. The average molecular weight is 240 g/mol. The number of thioether (sulfide) groups is 1. The van der Waals surface area contributed by atoms with Crippen molar-refractivity contribution in [3.63, 3.8) is 0 Å². The number of carbonyl (C=O) groups excluding carboxylic acids is 1. The molecule has 4 nitrogen and oxygen atoms in total. The summed E-state index contributed by atoms with van der Waals surface area (Å²) in [4.78, 5) is 15.4. The highest BCUT2D eigenvalue weighted by Gasteiger charge is 2.13. The molecule has 1 aromatic heterocycles. The molecule has 1 heterocycles. The van der Waals surface area contributed by atoms with E-state index in [9.17, 15) is 4.79 Å². The van der Waals surface area contributed by atoms with Crippen molar-refractivity contribution in [2.45, 2.75) is 24.4 Å². The van der Waals surface area contributed by atoms with Gasteiger partial charge in [-0.3, -0.25) is 4.79 Å². The monoisotopic (exact) mass is 240 g/mol. The molecule has 0 spiro atoms. The largest absolute Gasteiger partial charge is 0.465 e. The van der Waals surface area contributed by atoms with Crippen LogP contribution in [0.25, 0.3) is 0 Å². The molecule has 0 aliphatic carbocycles. The van der Waals surface area contributed by atoms with Crippen molar-refractivity contribution >= 4 is 17.7 Å². The van der Waals surface area contributed by atoms with Gasteiger partial charge < -0.3 is 10.5 Å². The topological polar surface area (TPSA) is 65.2 Å². The second kappa shape index (κ2) is 7.24. The smallest absolute Gasteiger partial charge is 0.322 e. The maximum atomic E-state index is 11.2. The van der Waals surface area contributed by atoms with E-state index in [-0.39, 0.29) is 5.97 Å². The molecular formula is C11H16N2O2S. The number of esters is 1. The first kappa shape index (κ1) is 13.0. The van der Waals surface area contributed by atoms with Crippen LogP contribution in [-0.4, -0.2) is 29.4 Å². The third kappa shape index (κ3) is 4.63. The molecule has 1 atom stereocenters. The highest BCUT2D eigenvalue weighted by atomic mass is 32.2. The average Bonchev–Trinajstić information content (AvgIpc) is 2.30. The summed E-state index contributed by atoms with van der Waals surface area (Å²) in [7, 11) is 0. The number of nitrogens with two attached hydrogens (primary N) is 1. The SMILES string of the molecule is CCOC(=O)C(N)CCSc1ccccn1. The Bertz CT molecular complexity index is 319. The van der Waals surface area contributed by atoms with Gasteiger partial charge in [0.2, 0.25) is 0 Å². The fraction of sp³-hybridized carbons (Fsp3) is 0.455. The van der Waals surface area contributed by atoms with Crippen LogP contribution in [0.5, 0.6) is 0 Å². The van der Waals surface area contributed by atoms with E-state index >= 15 is 0 Å². The van der Waals surface area contributed by atoms with Gasteiger partial charge in [0.25, 0.3) is 0 Å². The van der Waals surface area contributed by atoms with E-state index in [0.29, 0.717) is 13.0 Å². The Morgan fingerprint density at radius 3 is 3.06 bits per heavy atom. The van der Waals surface area contributed by atoms with E-state index in [1.54, 1.807) is 24.9 Å². The van der Waals surface area contributed by atoms with Gasteiger partial charge in [-0.25, -0.2) is 4.98 Å². The molecule has 2 N–H and O–H groups in total. The molecule has 0 saturated carbocycles. The summed E-state index contributed by atoms with van der Waals surface area (Å²) in [6.45, 7) is 2.15. The standard InChI is InChI=1S/C11H16N2O2S/c1-2-15-11(14)9(12)6-8-16-10-5-3-4-7-13-10/h3-5,7,9H,2,6,8,12H2,1H3. The zero-order chi connectivity index (χ0) is 11.8. The Balaban J connectivity index is 2.23. The number of hydrogen-bond acceptors (Lipinski definition) is 5. The second-order valence-corrected chi connectivity index (χ2v) is 4.28. The van der Waals surface area contributed by atoms with Crippen LogP contribution in [0.4, 0.5) is 0 Å². The van der Waals surface area contributed by atoms with Gasteiger partial charge in [-0.2, -0.15) is 0 Å². The summed E-state index contributed by atoms with van der Waals surface area (Å²) < 4.78 is 4.82. The Labute approximate surface area is 99.6 Å². The van der Waals surface area contributed by atoms with Gasteiger partial charge in [-0.1, -0.05) is 6.07 Å². The number of carbonyl (C=O) groups is 1. The van der Waals surface area contributed by atoms with Crippen LogP contribution in [-0.2, 0) is 9.53 Å². The van der Waals surface area contributed by atoms with E-state index in [0.717, 1.165) is 10.8 Å². The normalized spacial score (nSPS) is 12.1. The highest BCUT2D eigenvalue weighted by Crippen LogP contribution is 2.15. The lowest BCUT2D eigenvalue weighted by atomic mass is 10.2. The summed E-state index contributed by atoms with van der Waals surface area (Å²) in [6.07, 6.45) is 2.34. The lowest BCUT2D eigenvalue weighted by Crippen LogP contribution is -2.32. The van der Waals surface area contributed by atoms with Crippen molar-refractivity contribution in [1.29, 1.82) is 0 Å². The molecule has 0 saturated heterocycles. The molecule has 0 aromatic carbocycles. The van der Waals surface area contributed by atoms with Crippen LogP contribution < -0.4 is 5.73 Å². The lowest BCUT2D eigenvalue weighted by Gasteiger charge is -2.09. The number of ether oxygens (including phenoxy) is 1. The molecule has 0 amide bonds. The molecule has 16 heavy (non-hydrogen) atoms. The second-order valence-electron chi connectivity index (χ2n) is 3.16. The van der Waals surface area contributed by atoms with Crippen molar-refractivity contribution in [2.24, 2.45) is 5.73 Å². The molecule has 1 aromatic rings. The molecular weight excluding hydrogens is 224 g/mol. The minimum atomic E-state index is -0.531. The van der Waals surface area contributed by atoms with Crippen molar-refractivity contribution < 1.29 is 9.53 Å². The Morgan fingerprint density at radius 1 is 1.62 bits per heavy atom. The summed E-state index contributed by atoms with van der Waals surface area (Å²) >= 11 is 1.59. The number of pyridine rings is 1. The molecule has 1 unspecified atom stereocenters. The minimum Gasteiger partial charge on any atom is -0.465 e. The van der Waals surface area contributed by atoms with Crippen LogP contribution in [0.1, 0.15) is 13.3 Å².